The van der Waals surface area contributed by atoms with Crippen LogP contribution < -0.4 is 10.6 Å². The molecule has 0 bridgehead atoms. The number of rotatable bonds is 6. The maximum absolute atomic E-state index is 13.7. The van der Waals surface area contributed by atoms with Crippen molar-refractivity contribution in [3.05, 3.63) is 89.6 Å². The number of carbonyl (C=O) groups excluding carboxylic acids is 1. The molecule has 1 amide bonds. The number of aromatic nitrogens is 1. The molecule has 2 aromatic carbocycles. The van der Waals surface area contributed by atoms with Crippen LogP contribution in [0.2, 0.25) is 0 Å². The molecule has 6 heteroatoms. The zero-order valence-corrected chi connectivity index (χ0v) is 13.9. The Morgan fingerprint density at radius 2 is 1.69 bits per heavy atom. The highest BCUT2D eigenvalue weighted by Gasteiger charge is 2.13. The summed E-state index contributed by atoms with van der Waals surface area (Å²) in [5.41, 5.74) is 0.974. The molecule has 26 heavy (non-hydrogen) atoms. The van der Waals surface area contributed by atoms with Crippen molar-refractivity contribution in [3.8, 4) is 0 Å². The molecule has 1 aromatic heterocycles. The molecule has 0 atom stereocenters. The lowest BCUT2D eigenvalue weighted by molar-refractivity contribution is 0.102. The maximum atomic E-state index is 13.7. The third kappa shape index (κ3) is 4.42. The van der Waals surface area contributed by atoms with E-state index in [1.54, 1.807) is 6.07 Å². The van der Waals surface area contributed by atoms with Crippen molar-refractivity contribution in [2.75, 3.05) is 17.2 Å². The van der Waals surface area contributed by atoms with Crippen LogP contribution in [-0.2, 0) is 6.42 Å². The van der Waals surface area contributed by atoms with Crippen LogP contribution in [-0.4, -0.2) is 17.4 Å². The summed E-state index contributed by atoms with van der Waals surface area (Å²) in [5, 5.41) is 5.40. The van der Waals surface area contributed by atoms with Crippen LogP contribution in [0.15, 0.2) is 66.9 Å². The predicted octanol–water partition coefficient (Wildman–Crippen LogP) is 4.27. The van der Waals surface area contributed by atoms with Crippen molar-refractivity contribution in [1.29, 1.82) is 0 Å². The summed E-state index contributed by atoms with van der Waals surface area (Å²) in [7, 11) is 0. The number of halogens is 2. The number of pyridine rings is 1. The van der Waals surface area contributed by atoms with Crippen molar-refractivity contribution >= 4 is 17.4 Å². The Hall–Kier alpha value is -3.28. The van der Waals surface area contributed by atoms with Crippen LogP contribution in [0.3, 0.4) is 0 Å². The molecular formula is C20H17F2N3O. The molecule has 0 aliphatic carbocycles. The fourth-order valence-corrected chi connectivity index (χ4v) is 2.45. The van der Waals surface area contributed by atoms with E-state index in [1.165, 1.54) is 23.9 Å². The molecule has 1 heterocycles. The van der Waals surface area contributed by atoms with Gasteiger partial charge in [-0.25, -0.2) is 13.8 Å². The van der Waals surface area contributed by atoms with Crippen molar-refractivity contribution < 1.29 is 13.6 Å². The highest BCUT2D eigenvalue weighted by Crippen LogP contribution is 2.19. The molecule has 3 rings (SSSR count). The number of carbonyl (C=O) groups is 1. The molecule has 0 aliphatic rings. The van der Waals surface area contributed by atoms with Crippen LogP contribution in [0.1, 0.15) is 15.9 Å². The molecule has 0 aliphatic heterocycles. The van der Waals surface area contributed by atoms with Crippen molar-refractivity contribution in [3.63, 3.8) is 0 Å². The van der Waals surface area contributed by atoms with Gasteiger partial charge in [-0.15, -0.1) is 0 Å². The second kappa shape index (κ2) is 8.20. The van der Waals surface area contributed by atoms with E-state index in [0.717, 1.165) is 18.6 Å². The van der Waals surface area contributed by atoms with E-state index in [1.807, 2.05) is 30.3 Å². The minimum absolute atomic E-state index is 0.255. The normalized spacial score (nSPS) is 10.4. The van der Waals surface area contributed by atoms with E-state index in [4.69, 9.17) is 0 Å². The number of para-hydroxylation sites is 1. The Kier molecular flexibility index (Phi) is 5.53. The predicted molar refractivity (Wildman–Crippen MR) is 97.2 cm³/mol. The summed E-state index contributed by atoms with van der Waals surface area (Å²) < 4.78 is 27.3. The molecule has 0 fully saturated rings. The number of amides is 1. The SMILES string of the molecule is O=C(Nc1c(F)cccc1F)c1ccnc(NCCc2ccccc2)c1. The summed E-state index contributed by atoms with van der Waals surface area (Å²) in [5.74, 6) is -1.74. The minimum atomic E-state index is -0.825. The summed E-state index contributed by atoms with van der Waals surface area (Å²) in [6.45, 7) is 0.643. The van der Waals surface area contributed by atoms with Crippen LogP contribution in [0.25, 0.3) is 0 Å². The Morgan fingerprint density at radius 1 is 0.962 bits per heavy atom. The number of hydrogen-bond donors (Lipinski definition) is 2. The van der Waals surface area contributed by atoms with Gasteiger partial charge in [0.2, 0.25) is 0 Å². The zero-order chi connectivity index (χ0) is 18.4. The van der Waals surface area contributed by atoms with E-state index in [2.05, 4.69) is 15.6 Å². The number of benzene rings is 2. The second-order valence-electron chi connectivity index (χ2n) is 5.64. The first-order valence-corrected chi connectivity index (χ1v) is 8.13. The lowest BCUT2D eigenvalue weighted by Crippen LogP contribution is -2.15. The standard InChI is InChI=1S/C20H17F2N3O/c21-16-7-4-8-17(22)19(16)25-20(26)15-10-12-24-18(13-15)23-11-9-14-5-2-1-3-6-14/h1-8,10,12-13H,9,11H2,(H,23,24)(H,25,26). The first kappa shape index (κ1) is 17.5. The Morgan fingerprint density at radius 3 is 2.42 bits per heavy atom. The quantitative estimate of drug-likeness (QED) is 0.696. The fraction of sp³-hybridized carbons (Fsp3) is 0.100. The Balaban J connectivity index is 1.64. The average molecular weight is 353 g/mol. The van der Waals surface area contributed by atoms with Gasteiger partial charge in [-0.3, -0.25) is 4.79 Å². The molecule has 4 nitrogen and oxygen atoms in total. The monoisotopic (exact) mass is 353 g/mol. The number of anilines is 2. The van der Waals surface area contributed by atoms with Gasteiger partial charge in [0, 0.05) is 18.3 Å². The molecule has 0 saturated heterocycles. The van der Waals surface area contributed by atoms with E-state index in [-0.39, 0.29) is 5.56 Å². The van der Waals surface area contributed by atoms with Crippen molar-refractivity contribution in [2.45, 2.75) is 6.42 Å². The lowest BCUT2D eigenvalue weighted by Gasteiger charge is -2.09. The smallest absolute Gasteiger partial charge is 0.256 e. The maximum Gasteiger partial charge on any atom is 0.256 e. The van der Waals surface area contributed by atoms with E-state index >= 15 is 0 Å². The summed E-state index contributed by atoms with van der Waals surface area (Å²) in [6.07, 6.45) is 2.27. The van der Waals surface area contributed by atoms with Gasteiger partial charge in [0.15, 0.2) is 0 Å². The molecule has 3 aromatic rings. The second-order valence-corrected chi connectivity index (χ2v) is 5.64. The summed E-state index contributed by atoms with van der Waals surface area (Å²) in [6, 6.07) is 16.4. The molecule has 2 N–H and O–H groups in total. The fourth-order valence-electron chi connectivity index (χ4n) is 2.45. The number of nitrogens with zero attached hydrogens (tertiary/aromatic N) is 1. The highest BCUT2D eigenvalue weighted by molar-refractivity contribution is 6.04. The van der Waals surface area contributed by atoms with E-state index < -0.39 is 23.2 Å². The first-order valence-electron chi connectivity index (χ1n) is 8.13. The minimum Gasteiger partial charge on any atom is -0.370 e. The first-order chi connectivity index (χ1) is 12.6. The molecule has 132 valence electrons. The van der Waals surface area contributed by atoms with Crippen LogP contribution in [0.5, 0.6) is 0 Å². The summed E-state index contributed by atoms with van der Waals surface area (Å²) >= 11 is 0. The number of hydrogen-bond acceptors (Lipinski definition) is 3. The average Bonchev–Trinajstić information content (AvgIpc) is 2.66. The third-order valence-electron chi connectivity index (χ3n) is 3.79. The van der Waals surface area contributed by atoms with Gasteiger partial charge < -0.3 is 10.6 Å². The van der Waals surface area contributed by atoms with Gasteiger partial charge in [0.05, 0.1) is 0 Å². The molecule has 0 radical (unpaired) electrons. The zero-order valence-electron chi connectivity index (χ0n) is 13.9. The molecule has 0 saturated carbocycles. The van der Waals surface area contributed by atoms with Gasteiger partial charge in [0.25, 0.3) is 5.91 Å². The van der Waals surface area contributed by atoms with Crippen LogP contribution in [0.4, 0.5) is 20.3 Å². The van der Waals surface area contributed by atoms with E-state index in [0.29, 0.717) is 12.4 Å². The molecular weight excluding hydrogens is 336 g/mol. The Bertz CT molecular complexity index is 880. The van der Waals surface area contributed by atoms with Gasteiger partial charge in [0.1, 0.15) is 23.1 Å². The third-order valence-corrected chi connectivity index (χ3v) is 3.79. The largest absolute Gasteiger partial charge is 0.370 e. The molecule has 0 unspecified atom stereocenters. The van der Waals surface area contributed by atoms with E-state index in [9.17, 15) is 13.6 Å². The van der Waals surface area contributed by atoms with Crippen LogP contribution in [0, 0.1) is 11.6 Å². The lowest BCUT2D eigenvalue weighted by atomic mass is 10.1. The number of nitrogens with one attached hydrogen (secondary N) is 2. The van der Waals surface area contributed by atoms with Gasteiger partial charge >= 0.3 is 0 Å². The van der Waals surface area contributed by atoms with Gasteiger partial charge in [-0.05, 0) is 36.2 Å². The van der Waals surface area contributed by atoms with Gasteiger partial charge in [-0.2, -0.15) is 0 Å². The van der Waals surface area contributed by atoms with Crippen molar-refractivity contribution in [1.82, 2.24) is 4.98 Å². The van der Waals surface area contributed by atoms with Crippen molar-refractivity contribution in [2.24, 2.45) is 0 Å². The van der Waals surface area contributed by atoms with Gasteiger partial charge in [-0.1, -0.05) is 36.4 Å². The molecule has 0 spiro atoms. The van der Waals surface area contributed by atoms with Crippen LogP contribution >= 0.6 is 0 Å². The Labute approximate surface area is 149 Å². The topological polar surface area (TPSA) is 54.0 Å². The summed E-state index contributed by atoms with van der Waals surface area (Å²) in [4.78, 5) is 16.4. The highest BCUT2D eigenvalue weighted by atomic mass is 19.1.